The summed E-state index contributed by atoms with van der Waals surface area (Å²) in [7, 11) is 0. The third-order valence-corrected chi connectivity index (χ3v) is 2.65. The highest BCUT2D eigenvalue weighted by Crippen LogP contribution is 2.19. The van der Waals surface area contributed by atoms with Gasteiger partial charge < -0.3 is 14.9 Å². The second-order valence-electron chi connectivity index (χ2n) is 6.20. The van der Waals surface area contributed by atoms with Crippen molar-refractivity contribution in [1.82, 2.24) is 0 Å². The number of hydrogen-bond donors (Lipinski definition) is 2. The zero-order valence-corrected chi connectivity index (χ0v) is 12.9. The molecule has 0 aliphatic rings. The molecule has 0 heterocycles. The highest BCUT2D eigenvalue weighted by atomic mass is 16.5. The topological polar surface area (TPSA) is 49.7 Å². The van der Waals surface area contributed by atoms with E-state index in [1.807, 2.05) is 20.8 Å². The Morgan fingerprint density at radius 1 is 1.11 bits per heavy atom. The van der Waals surface area contributed by atoms with Gasteiger partial charge in [-0.05, 0) is 38.5 Å². The molecule has 3 atom stereocenters. The van der Waals surface area contributed by atoms with Gasteiger partial charge >= 0.3 is 0 Å². The second-order valence-corrected chi connectivity index (χ2v) is 6.20. The summed E-state index contributed by atoms with van der Waals surface area (Å²) >= 11 is 0. The Labute approximate surface area is 117 Å². The van der Waals surface area contributed by atoms with Gasteiger partial charge in [0.2, 0.25) is 0 Å². The molecule has 3 unspecified atom stereocenters. The predicted molar refractivity (Wildman–Crippen MR) is 78.4 cm³/mol. The van der Waals surface area contributed by atoms with Crippen molar-refractivity contribution in [2.24, 2.45) is 11.8 Å². The molecule has 0 aromatic rings. The minimum atomic E-state index is -1.12. The summed E-state index contributed by atoms with van der Waals surface area (Å²) in [6.07, 6.45) is 2.47. The summed E-state index contributed by atoms with van der Waals surface area (Å²) in [6, 6.07) is 0. The molecule has 0 radical (unpaired) electrons. The molecule has 0 saturated carbocycles. The van der Waals surface area contributed by atoms with Gasteiger partial charge in [-0.1, -0.05) is 39.2 Å². The van der Waals surface area contributed by atoms with Gasteiger partial charge in [0.25, 0.3) is 0 Å². The van der Waals surface area contributed by atoms with Gasteiger partial charge in [0.1, 0.15) is 11.2 Å². The molecular weight excluding hydrogens is 240 g/mol. The fraction of sp³-hybridized carbons (Fsp3) is 0.750. The number of rotatable bonds is 7. The molecular formula is C16H28O3. The van der Waals surface area contributed by atoms with Crippen LogP contribution >= 0.6 is 0 Å². The monoisotopic (exact) mass is 268 g/mol. The third kappa shape index (κ3) is 9.58. The van der Waals surface area contributed by atoms with E-state index in [0.717, 1.165) is 0 Å². The molecule has 3 heteroatoms. The largest absolute Gasteiger partial charge is 0.502 e. The molecule has 0 aromatic carbocycles. The van der Waals surface area contributed by atoms with E-state index in [9.17, 15) is 10.2 Å². The van der Waals surface area contributed by atoms with Crippen LogP contribution in [0.1, 0.15) is 47.5 Å². The Bertz CT molecular complexity index is 332. The summed E-state index contributed by atoms with van der Waals surface area (Å²) < 4.78 is 5.09. The van der Waals surface area contributed by atoms with Crippen LogP contribution in [-0.4, -0.2) is 28.0 Å². The van der Waals surface area contributed by atoms with Crippen molar-refractivity contribution in [1.29, 1.82) is 0 Å². The van der Waals surface area contributed by atoms with Crippen LogP contribution in [0, 0.1) is 23.7 Å². The first-order valence-corrected chi connectivity index (χ1v) is 6.79. The Hall–Kier alpha value is -0.980. The molecule has 0 bridgehead atoms. The van der Waals surface area contributed by atoms with Gasteiger partial charge in [0, 0.05) is 0 Å². The fourth-order valence-corrected chi connectivity index (χ4v) is 2.14. The van der Waals surface area contributed by atoms with Crippen molar-refractivity contribution in [2.45, 2.75) is 58.7 Å². The predicted octanol–water partition coefficient (Wildman–Crippen LogP) is 2.72. The van der Waals surface area contributed by atoms with Crippen LogP contribution in [0.3, 0.4) is 0 Å². The van der Waals surface area contributed by atoms with Gasteiger partial charge in [-0.25, -0.2) is 0 Å². The molecule has 0 aromatic heterocycles. The first kappa shape index (κ1) is 18.0. The third-order valence-electron chi connectivity index (χ3n) is 2.65. The van der Waals surface area contributed by atoms with Crippen LogP contribution in [0.15, 0.2) is 12.8 Å². The van der Waals surface area contributed by atoms with Crippen molar-refractivity contribution in [3.63, 3.8) is 0 Å². The minimum Gasteiger partial charge on any atom is -0.502 e. The lowest BCUT2D eigenvalue weighted by atomic mass is 9.90. The van der Waals surface area contributed by atoms with Crippen LogP contribution in [0.4, 0.5) is 0 Å². The molecule has 0 rings (SSSR count). The first-order valence-electron chi connectivity index (χ1n) is 6.79. The Balaban J connectivity index is 4.54. The summed E-state index contributed by atoms with van der Waals surface area (Å²) in [5, 5.41) is 20.3. The van der Waals surface area contributed by atoms with E-state index in [1.165, 1.54) is 6.26 Å². The molecule has 0 amide bonds. The Morgan fingerprint density at radius 3 is 2.00 bits per heavy atom. The lowest BCUT2D eigenvalue weighted by molar-refractivity contribution is 0.0717. The molecule has 0 saturated heterocycles. The lowest BCUT2D eigenvalue weighted by Gasteiger charge is -2.23. The van der Waals surface area contributed by atoms with Crippen LogP contribution in [-0.2, 0) is 4.74 Å². The smallest absolute Gasteiger partial charge is 0.123 e. The van der Waals surface area contributed by atoms with Crippen molar-refractivity contribution < 1.29 is 14.9 Å². The quantitative estimate of drug-likeness (QED) is 0.551. The minimum absolute atomic E-state index is 0.164. The molecule has 0 fully saturated rings. The number of ether oxygens (including phenoxy) is 1. The highest BCUT2D eigenvalue weighted by molar-refractivity contribution is 5.19. The van der Waals surface area contributed by atoms with Crippen molar-refractivity contribution in [3.05, 3.63) is 12.8 Å². The maximum atomic E-state index is 10.2. The zero-order valence-electron chi connectivity index (χ0n) is 12.9. The van der Waals surface area contributed by atoms with Crippen LogP contribution in [0.5, 0.6) is 0 Å². The van der Waals surface area contributed by atoms with Gasteiger partial charge in [0.15, 0.2) is 0 Å². The van der Waals surface area contributed by atoms with E-state index in [-0.39, 0.29) is 5.92 Å². The van der Waals surface area contributed by atoms with E-state index in [0.29, 0.717) is 25.4 Å². The summed E-state index contributed by atoms with van der Waals surface area (Å²) in [4.78, 5) is 0. The molecule has 0 aliphatic carbocycles. The van der Waals surface area contributed by atoms with Crippen LogP contribution in [0.25, 0.3) is 0 Å². The van der Waals surface area contributed by atoms with Crippen LogP contribution < -0.4 is 0 Å². The molecule has 0 aliphatic heterocycles. The molecule has 19 heavy (non-hydrogen) atoms. The van der Waals surface area contributed by atoms with E-state index in [2.05, 4.69) is 18.4 Å². The fourth-order valence-electron chi connectivity index (χ4n) is 2.14. The van der Waals surface area contributed by atoms with E-state index >= 15 is 0 Å². The summed E-state index contributed by atoms with van der Waals surface area (Å²) in [5.74, 6) is 6.09. The van der Waals surface area contributed by atoms with E-state index in [4.69, 9.17) is 4.74 Å². The molecule has 3 nitrogen and oxygen atoms in total. The molecule has 0 spiro atoms. The number of aliphatic hydroxyl groups is 2. The van der Waals surface area contributed by atoms with Gasteiger partial charge in [-0.15, -0.1) is 0 Å². The normalized spacial score (nSPS) is 18.7. The van der Waals surface area contributed by atoms with Gasteiger partial charge in [-0.2, -0.15) is 0 Å². The molecule has 110 valence electrons. The maximum Gasteiger partial charge on any atom is 0.123 e. The average molecular weight is 268 g/mol. The SMILES string of the molecule is C=COCC(C)CC(C)(O)C#CC(C)(O)CC(C)C. The summed E-state index contributed by atoms with van der Waals surface area (Å²) in [5.41, 5.74) is -2.18. The second kappa shape index (κ2) is 7.57. The average Bonchev–Trinajstić information content (AvgIpc) is 2.22. The first-order chi connectivity index (χ1) is 8.58. The molecule has 2 N–H and O–H groups in total. The van der Waals surface area contributed by atoms with Gasteiger partial charge in [-0.3, -0.25) is 0 Å². The summed E-state index contributed by atoms with van der Waals surface area (Å²) in [6.45, 7) is 13.4. The van der Waals surface area contributed by atoms with Crippen molar-refractivity contribution >= 4 is 0 Å². The maximum absolute atomic E-state index is 10.2. The standard InChI is InChI=1S/C16H28O3/c1-7-19-12-14(4)11-16(6,18)9-8-15(5,17)10-13(2)3/h7,13-14,17-18H,1,10-12H2,2-6H3. The van der Waals surface area contributed by atoms with Crippen LogP contribution in [0.2, 0.25) is 0 Å². The Kier molecular flexibility index (Phi) is 7.18. The number of hydrogen-bond acceptors (Lipinski definition) is 3. The van der Waals surface area contributed by atoms with Gasteiger partial charge in [0.05, 0.1) is 12.9 Å². The van der Waals surface area contributed by atoms with E-state index in [1.54, 1.807) is 13.8 Å². The van der Waals surface area contributed by atoms with E-state index < -0.39 is 11.2 Å². The van der Waals surface area contributed by atoms with Crippen molar-refractivity contribution in [2.75, 3.05) is 6.61 Å². The van der Waals surface area contributed by atoms with Crippen molar-refractivity contribution in [3.8, 4) is 11.8 Å². The lowest BCUT2D eigenvalue weighted by Crippen LogP contribution is -2.29. The zero-order chi connectivity index (χ0) is 15.1. The highest BCUT2D eigenvalue weighted by Gasteiger charge is 2.24. The Morgan fingerprint density at radius 2 is 1.58 bits per heavy atom.